The molecule has 1 amide bonds. The van der Waals surface area contributed by atoms with Gasteiger partial charge in [0.1, 0.15) is 0 Å². The van der Waals surface area contributed by atoms with E-state index in [1.807, 2.05) is 0 Å². The molecule has 3 N–H and O–H groups in total. The van der Waals surface area contributed by atoms with E-state index in [-0.39, 0.29) is 16.8 Å². The Morgan fingerprint density at radius 3 is 2.50 bits per heavy atom. The van der Waals surface area contributed by atoms with E-state index < -0.39 is 10.0 Å². The van der Waals surface area contributed by atoms with Crippen molar-refractivity contribution in [2.75, 3.05) is 10.0 Å². The molecule has 1 saturated carbocycles. The van der Waals surface area contributed by atoms with Crippen molar-refractivity contribution in [2.45, 2.75) is 49.1 Å². The van der Waals surface area contributed by atoms with Crippen molar-refractivity contribution in [3.8, 4) is 0 Å². The largest absolute Gasteiger partial charge is 0.325 e. The average Bonchev–Trinajstić information content (AvgIpc) is 3.13. The number of rotatable bonds is 5. The van der Waals surface area contributed by atoms with Crippen LogP contribution in [0.3, 0.4) is 0 Å². The first kappa shape index (κ1) is 19.0. The summed E-state index contributed by atoms with van der Waals surface area (Å²) in [5.74, 6) is 0.533. The second-order valence-corrected chi connectivity index (χ2v) is 9.28. The van der Waals surface area contributed by atoms with Gasteiger partial charge in [0.25, 0.3) is 10.0 Å². The molecular formula is C21H25N3O3S. The van der Waals surface area contributed by atoms with Crippen LogP contribution in [0.2, 0.25) is 0 Å². The smallest absolute Gasteiger partial charge is 0.261 e. The van der Waals surface area contributed by atoms with Gasteiger partial charge in [-0.3, -0.25) is 9.52 Å². The Labute approximate surface area is 165 Å². The van der Waals surface area contributed by atoms with Gasteiger partial charge in [0.2, 0.25) is 5.91 Å². The molecule has 7 heteroatoms. The third-order valence-electron chi connectivity index (χ3n) is 5.62. The molecule has 1 saturated heterocycles. The summed E-state index contributed by atoms with van der Waals surface area (Å²) >= 11 is 0. The first-order chi connectivity index (χ1) is 13.5. The highest BCUT2D eigenvalue weighted by molar-refractivity contribution is 7.92. The van der Waals surface area contributed by atoms with E-state index in [0.29, 0.717) is 23.3 Å². The summed E-state index contributed by atoms with van der Waals surface area (Å²) < 4.78 is 27.5. The number of nitrogens with one attached hydrogen (secondary N) is 3. The van der Waals surface area contributed by atoms with Gasteiger partial charge in [-0.25, -0.2) is 8.42 Å². The van der Waals surface area contributed by atoms with Gasteiger partial charge < -0.3 is 10.6 Å². The standard InChI is InChI=1S/C21H25N3O3S/c25-21(20-13-15-7-4-5-12-19(15)23-20)22-16-8-6-9-17(14-16)24-28(26,27)18-10-2-1-3-11-18/h1-3,6,8-11,14-15,19-20,23-24H,4-5,7,12-13H2,(H,22,25). The zero-order valence-corrected chi connectivity index (χ0v) is 16.4. The Kier molecular flexibility index (Phi) is 5.37. The number of carbonyl (C=O) groups is 1. The van der Waals surface area contributed by atoms with Crippen LogP contribution in [0.15, 0.2) is 59.5 Å². The van der Waals surface area contributed by atoms with E-state index in [1.54, 1.807) is 54.6 Å². The molecule has 2 fully saturated rings. The maximum atomic E-state index is 12.7. The lowest BCUT2D eigenvalue weighted by Gasteiger charge is -2.24. The Balaban J connectivity index is 1.42. The second kappa shape index (κ2) is 7.93. The van der Waals surface area contributed by atoms with Gasteiger partial charge in [0.05, 0.1) is 16.6 Å². The van der Waals surface area contributed by atoms with Crippen LogP contribution < -0.4 is 15.4 Å². The third-order valence-corrected chi connectivity index (χ3v) is 7.01. The molecule has 1 heterocycles. The summed E-state index contributed by atoms with van der Waals surface area (Å²) in [4.78, 5) is 12.9. The van der Waals surface area contributed by atoms with Crippen molar-refractivity contribution in [1.82, 2.24) is 5.32 Å². The second-order valence-electron chi connectivity index (χ2n) is 7.59. The molecule has 1 aliphatic carbocycles. The Hall–Kier alpha value is -2.38. The molecule has 28 heavy (non-hydrogen) atoms. The minimum Gasteiger partial charge on any atom is -0.325 e. The summed E-state index contributed by atoms with van der Waals surface area (Å²) in [6, 6.07) is 15.3. The van der Waals surface area contributed by atoms with Crippen LogP contribution in [-0.2, 0) is 14.8 Å². The summed E-state index contributed by atoms with van der Waals surface area (Å²) in [6.45, 7) is 0. The Morgan fingerprint density at radius 1 is 0.964 bits per heavy atom. The number of hydrogen-bond acceptors (Lipinski definition) is 4. The summed E-state index contributed by atoms with van der Waals surface area (Å²) in [6.07, 6.45) is 5.69. The number of anilines is 2. The van der Waals surface area contributed by atoms with Gasteiger partial charge in [-0.1, -0.05) is 37.1 Å². The maximum absolute atomic E-state index is 12.7. The van der Waals surface area contributed by atoms with Gasteiger partial charge >= 0.3 is 0 Å². The fourth-order valence-corrected chi connectivity index (χ4v) is 5.30. The molecule has 2 aliphatic rings. The monoisotopic (exact) mass is 399 g/mol. The van der Waals surface area contributed by atoms with Gasteiger partial charge in [-0.05, 0) is 55.5 Å². The molecule has 0 spiro atoms. The maximum Gasteiger partial charge on any atom is 0.261 e. The molecule has 6 nitrogen and oxygen atoms in total. The average molecular weight is 400 g/mol. The topological polar surface area (TPSA) is 87.3 Å². The summed E-state index contributed by atoms with van der Waals surface area (Å²) in [7, 11) is -3.66. The number of carbonyl (C=O) groups excluding carboxylic acids is 1. The van der Waals surface area contributed by atoms with E-state index in [1.165, 1.54) is 19.3 Å². The van der Waals surface area contributed by atoms with Crippen LogP contribution in [0, 0.1) is 5.92 Å². The zero-order chi connectivity index (χ0) is 19.6. The molecule has 148 valence electrons. The zero-order valence-electron chi connectivity index (χ0n) is 15.6. The van der Waals surface area contributed by atoms with Gasteiger partial charge in [-0.2, -0.15) is 0 Å². The van der Waals surface area contributed by atoms with Crippen molar-refractivity contribution in [2.24, 2.45) is 5.92 Å². The summed E-state index contributed by atoms with van der Waals surface area (Å²) in [5, 5.41) is 6.39. The Morgan fingerprint density at radius 2 is 1.71 bits per heavy atom. The number of benzene rings is 2. The van der Waals surface area contributed by atoms with Crippen LogP contribution in [0.4, 0.5) is 11.4 Å². The molecule has 1 aliphatic heterocycles. The minimum absolute atomic E-state index is 0.0579. The molecule has 0 aromatic heterocycles. The van der Waals surface area contributed by atoms with Crippen molar-refractivity contribution < 1.29 is 13.2 Å². The highest BCUT2D eigenvalue weighted by Gasteiger charge is 2.38. The predicted molar refractivity (Wildman–Crippen MR) is 110 cm³/mol. The molecular weight excluding hydrogens is 374 g/mol. The highest BCUT2D eigenvalue weighted by atomic mass is 32.2. The quantitative estimate of drug-likeness (QED) is 0.720. The van der Waals surface area contributed by atoms with Crippen molar-refractivity contribution in [3.05, 3.63) is 54.6 Å². The first-order valence-corrected chi connectivity index (χ1v) is 11.2. The van der Waals surface area contributed by atoms with Crippen molar-refractivity contribution in [3.63, 3.8) is 0 Å². The lowest BCUT2D eigenvalue weighted by Crippen LogP contribution is -2.39. The van der Waals surface area contributed by atoms with Crippen LogP contribution >= 0.6 is 0 Å². The lowest BCUT2D eigenvalue weighted by atomic mass is 9.85. The van der Waals surface area contributed by atoms with Gasteiger partial charge in [0.15, 0.2) is 0 Å². The highest BCUT2D eigenvalue weighted by Crippen LogP contribution is 2.33. The predicted octanol–water partition coefficient (Wildman–Crippen LogP) is 3.35. The number of fused-ring (bicyclic) bond motifs is 1. The number of sulfonamides is 1. The fourth-order valence-electron chi connectivity index (χ4n) is 4.22. The normalized spacial score (nSPS) is 24.4. The van der Waals surface area contributed by atoms with Crippen molar-refractivity contribution >= 4 is 27.3 Å². The molecule has 3 unspecified atom stereocenters. The fraction of sp³-hybridized carbons (Fsp3) is 0.381. The van der Waals surface area contributed by atoms with Crippen LogP contribution in [-0.4, -0.2) is 26.4 Å². The number of hydrogen-bond donors (Lipinski definition) is 3. The molecule has 0 radical (unpaired) electrons. The molecule has 2 aromatic carbocycles. The SMILES string of the molecule is O=C(Nc1cccc(NS(=O)(=O)c2ccccc2)c1)C1CC2CCCCC2N1. The van der Waals surface area contributed by atoms with E-state index in [4.69, 9.17) is 0 Å². The molecule has 2 aromatic rings. The van der Waals surface area contributed by atoms with Gasteiger partial charge in [0, 0.05) is 11.7 Å². The Bertz CT molecular complexity index is 932. The third kappa shape index (κ3) is 4.20. The first-order valence-electron chi connectivity index (χ1n) is 9.76. The molecule has 0 bridgehead atoms. The van der Waals surface area contributed by atoms with Crippen LogP contribution in [0.1, 0.15) is 32.1 Å². The van der Waals surface area contributed by atoms with E-state index >= 15 is 0 Å². The lowest BCUT2D eigenvalue weighted by molar-refractivity contribution is -0.117. The number of amides is 1. The van der Waals surface area contributed by atoms with E-state index in [9.17, 15) is 13.2 Å². The van der Waals surface area contributed by atoms with Crippen LogP contribution in [0.5, 0.6) is 0 Å². The van der Waals surface area contributed by atoms with Gasteiger partial charge in [-0.15, -0.1) is 0 Å². The summed E-state index contributed by atoms with van der Waals surface area (Å²) in [5.41, 5.74) is 0.990. The minimum atomic E-state index is -3.66. The van der Waals surface area contributed by atoms with Crippen molar-refractivity contribution in [1.29, 1.82) is 0 Å². The van der Waals surface area contributed by atoms with E-state index in [0.717, 1.165) is 12.8 Å². The van der Waals surface area contributed by atoms with Crippen LogP contribution in [0.25, 0.3) is 0 Å². The van der Waals surface area contributed by atoms with E-state index in [2.05, 4.69) is 15.4 Å². The molecule has 3 atom stereocenters. The molecule has 4 rings (SSSR count).